The quantitative estimate of drug-likeness (QED) is 0.681. The van der Waals surface area contributed by atoms with Crippen LogP contribution in [0.5, 0.6) is 0 Å². The minimum Gasteiger partial charge on any atom is -0.369 e. The zero-order chi connectivity index (χ0) is 10.6. The minimum absolute atomic E-state index is 0.0339. The Morgan fingerprint density at radius 2 is 1.64 bits per heavy atom. The van der Waals surface area contributed by atoms with Gasteiger partial charge in [-0.25, -0.2) is 8.42 Å². The van der Waals surface area contributed by atoms with Gasteiger partial charge in [-0.2, -0.15) is 0 Å². The van der Waals surface area contributed by atoms with Gasteiger partial charge in [0.15, 0.2) is 0 Å². The highest BCUT2D eigenvalue weighted by atomic mass is 32.2. The van der Waals surface area contributed by atoms with Crippen LogP contribution in [-0.2, 0) is 27.7 Å². The highest BCUT2D eigenvalue weighted by Gasteiger charge is 1.99. The number of hydrogen-bond donors (Lipinski definition) is 2. The fourth-order valence-electron chi connectivity index (χ4n) is 1.11. The van der Waals surface area contributed by atoms with Crippen LogP contribution in [0.2, 0.25) is 0 Å². The van der Waals surface area contributed by atoms with Crippen LogP contribution in [0.1, 0.15) is 11.1 Å². The summed E-state index contributed by atoms with van der Waals surface area (Å²) in [7, 11) is -2.39. The standard InChI is InChI=1S/C9H11NO3S/c10-9(11)5-7-1-3-8(4-2-7)6-14(12)13/h1-4,14H,5-6H2,(H2,10,11). The van der Waals surface area contributed by atoms with Gasteiger partial charge in [0.2, 0.25) is 5.91 Å². The van der Waals surface area contributed by atoms with Crippen LogP contribution in [0, 0.1) is 0 Å². The summed E-state index contributed by atoms with van der Waals surface area (Å²) in [6, 6.07) is 6.78. The van der Waals surface area contributed by atoms with E-state index in [0.29, 0.717) is 5.56 Å². The van der Waals surface area contributed by atoms with E-state index >= 15 is 0 Å². The first-order chi connectivity index (χ1) is 6.58. The molecule has 1 amide bonds. The topological polar surface area (TPSA) is 77.2 Å². The first kappa shape index (κ1) is 10.7. The normalized spacial score (nSPS) is 10.4. The predicted octanol–water partition coefficient (Wildman–Crippen LogP) is -0.174. The molecule has 14 heavy (non-hydrogen) atoms. The van der Waals surface area contributed by atoms with Gasteiger partial charge < -0.3 is 5.73 Å². The number of rotatable bonds is 4. The lowest BCUT2D eigenvalue weighted by Crippen LogP contribution is -2.13. The highest BCUT2D eigenvalue weighted by molar-refractivity contribution is 7.71. The molecule has 0 aromatic heterocycles. The Morgan fingerprint density at radius 1 is 1.14 bits per heavy atom. The number of carbonyl (C=O) groups excluding carboxylic acids is 1. The van der Waals surface area contributed by atoms with Crippen LogP contribution < -0.4 is 5.73 Å². The van der Waals surface area contributed by atoms with Gasteiger partial charge in [0, 0.05) is 0 Å². The molecule has 76 valence electrons. The number of hydrogen-bond acceptors (Lipinski definition) is 3. The van der Waals surface area contributed by atoms with Crippen molar-refractivity contribution >= 4 is 16.6 Å². The second-order valence-corrected chi connectivity index (χ2v) is 3.93. The monoisotopic (exact) mass is 213 g/mol. The van der Waals surface area contributed by atoms with Gasteiger partial charge in [-0.1, -0.05) is 24.3 Å². The summed E-state index contributed by atoms with van der Waals surface area (Å²) >= 11 is 0. The third-order valence-electron chi connectivity index (χ3n) is 1.71. The van der Waals surface area contributed by atoms with Gasteiger partial charge in [0.1, 0.15) is 10.7 Å². The largest absolute Gasteiger partial charge is 0.369 e. The summed E-state index contributed by atoms with van der Waals surface area (Å²) in [5.41, 5.74) is 6.52. The number of primary amides is 1. The molecular formula is C9H11NO3S. The minimum atomic E-state index is -2.39. The third kappa shape index (κ3) is 3.57. The van der Waals surface area contributed by atoms with Gasteiger partial charge >= 0.3 is 0 Å². The zero-order valence-corrected chi connectivity index (χ0v) is 8.37. The lowest BCUT2D eigenvalue weighted by molar-refractivity contribution is -0.117. The summed E-state index contributed by atoms with van der Waals surface area (Å²) in [5.74, 6) is -0.362. The van der Waals surface area contributed by atoms with Crippen molar-refractivity contribution in [3.63, 3.8) is 0 Å². The maximum absolute atomic E-state index is 10.6. The highest BCUT2D eigenvalue weighted by Crippen LogP contribution is 2.05. The lowest BCUT2D eigenvalue weighted by atomic mass is 10.1. The molecule has 1 aromatic rings. The van der Waals surface area contributed by atoms with E-state index in [1.807, 2.05) is 0 Å². The summed E-state index contributed by atoms with van der Waals surface area (Å²) in [4.78, 5) is 10.6. The second-order valence-electron chi connectivity index (χ2n) is 2.95. The third-order valence-corrected chi connectivity index (χ3v) is 2.34. The van der Waals surface area contributed by atoms with E-state index in [-0.39, 0.29) is 12.2 Å². The molecule has 5 heteroatoms. The fraction of sp³-hybridized carbons (Fsp3) is 0.222. The molecule has 1 aromatic carbocycles. The molecule has 0 spiro atoms. The maximum Gasteiger partial charge on any atom is 0.221 e. The van der Waals surface area contributed by atoms with E-state index < -0.39 is 16.6 Å². The van der Waals surface area contributed by atoms with Gasteiger partial charge in [0.05, 0.1) is 12.2 Å². The van der Waals surface area contributed by atoms with Crippen LogP contribution in [0.4, 0.5) is 0 Å². The Labute approximate surface area is 83.7 Å². The molecule has 0 saturated heterocycles. The Balaban J connectivity index is 2.73. The predicted molar refractivity (Wildman–Crippen MR) is 53.4 cm³/mol. The van der Waals surface area contributed by atoms with E-state index in [9.17, 15) is 13.2 Å². The molecule has 0 heterocycles. The van der Waals surface area contributed by atoms with E-state index in [0.717, 1.165) is 5.56 Å². The molecule has 0 atom stereocenters. The SMILES string of the molecule is NC(=O)Cc1ccc(C[SH](=O)=O)cc1. The van der Waals surface area contributed by atoms with Gasteiger partial charge in [0.25, 0.3) is 0 Å². The van der Waals surface area contributed by atoms with Gasteiger partial charge in [-0.3, -0.25) is 4.79 Å². The average molecular weight is 213 g/mol. The Morgan fingerprint density at radius 3 is 2.07 bits per heavy atom. The summed E-state index contributed by atoms with van der Waals surface area (Å²) in [6.07, 6.45) is 0.184. The van der Waals surface area contributed by atoms with Gasteiger partial charge in [-0.05, 0) is 11.1 Å². The molecule has 0 aliphatic rings. The van der Waals surface area contributed by atoms with Crippen molar-refractivity contribution in [3.8, 4) is 0 Å². The average Bonchev–Trinajstić information content (AvgIpc) is 2.06. The van der Waals surface area contributed by atoms with Crippen molar-refractivity contribution in [1.82, 2.24) is 0 Å². The van der Waals surface area contributed by atoms with Crippen LogP contribution in [0.15, 0.2) is 24.3 Å². The number of benzene rings is 1. The maximum atomic E-state index is 10.6. The van der Waals surface area contributed by atoms with Crippen molar-refractivity contribution < 1.29 is 13.2 Å². The van der Waals surface area contributed by atoms with Gasteiger partial charge in [-0.15, -0.1) is 0 Å². The van der Waals surface area contributed by atoms with E-state index in [4.69, 9.17) is 5.73 Å². The van der Waals surface area contributed by atoms with Crippen LogP contribution in [0.25, 0.3) is 0 Å². The van der Waals surface area contributed by atoms with E-state index in [1.54, 1.807) is 24.3 Å². The number of amides is 1. The molecule has 0 saturated carbocycles. The zero-order valence-electron chi connectivity index (χ0n) is 7.47. The molecule has 0 fully saturated rings. The number of carbonyl (C=O) groups is 1. The van der Waals surface area contributed by atoms with Crippen LogP contribution in [-0.4, -0.2) is 14.3 Å². The molecule has 0 aliphatic heterocycles. The Kier molecular flexibility index (Phi) is 3.64. The molecule has 1 rings (SSSR count). The molecule has 4 nitrogen and oxygen atoms in total. The summed E-state index contributed by atoms with van der Waals surface area (Å²) < 4.78 is 20.8. The second kappa shape index (κ2) is 4.76. The molecule has 0 radical (unpaired) electrons. The molecular weight excluding hydrogens is 202 g/mol. The van der Waals surface area contributed by atoms with E-state index in [1.165, 1.54) is 0 Å². The van der Waals surface area contributed by atoms with Crippen LogP contribution >= 0.6 is 0 Å². The van der Waals surface area contributed by atoms with E-state index in [2.05, 4.69) is 0 Å². The van der Waals surface area contributed by atoms with Crippen molar-refractivity contribution in [3.05, 3.63) is 35.4 Å². The fourth-order valence-corrected chi connectivity index (χ4v) is 1.62. The molecule has 0 bridgehead atoms. The van der Waals surface area contributed by atoms with Crippen molar-refractivity contribution in [1.29, 1.82) is 0 Å². The Bertz CT molecular complexity index is 387. The molecule has 2 N–H and O–H groups in total. The van der Waals surface area contributed by atoms with Crippen molar-refractivity contribution in [2.45, 2.75) is 12.2 Å². The number of thiol groups is 1. The smallest absolute Gasteiger partial charge is 0.221 e. The van der Waals surface area contributed by atoms with Crippen molar-refractivity contribution in [2.24, 2.45) is 5.73 Å². The van der Waals surface area contributed by atoms with Crippen LogP contribution in [0.3, 0.4) is 0 Å². The lowest BCUT2D eigenvalue weighted by Gasteiger charge is -1.98. The summed E-state index contributed by atoms with van der Waals surface area (Å²) in [5, 5.41) is 0. The molecule has 0 aliphatic carbocycles. The Hall–Kier alpha value is -1.36. The number of nitrogens with two attached hydrogens (primary N) is 1. The molecule has 0 unspecified atom stereocenters. The van der Waals surface area contributed by atoms with Crippen molar-refractivity contribution in [2.75, 3.05) is 0 Å². The first-order valence-corrected chi connectivity index (χ1v) is 5.42. The first-order valence-electron chi connectivity index (χ1n) is 4.06. The summed E-state index contributed by atoms with van der Waals surface area (Å²) in [6.45, 7) is 0.